The van der Waals surface area contributed by atoms with Gasteiger partial charge in [-0.1, -0.05) is 13.3 Å². The molecule has 1 atom stereocenters. The third-order valence-electron chi connectivity index (χ3n) is 2.61. The van der Waals surface area contributed by atoms with E-state index in [9.17, 15) is 4.79 Å². The minimum atomic E-state index is 0.196. The minimum absolute atomic E-state index is 0.196. The number of amides is 1. The van der Waals surface area contributed by atoms with Gasteiger partial charge in [-0.05, 0) is 24.7 Å². The van der Waals surface area contributed by atoms with Gasteiger partial charge in [0.2, 0.25) is 5.91 Å². The molecule has 0 aromatic heterocycles. The van der Waals surface area contributed by atoms with E-state index < -0.39 is 0 Å². The van der Waals surface area contributed by atoms with E-state index in [1.807, 2.05) is 6.92 Å². The summed E-state index contributed by atoms with van der Waals surface area (Å²) in [6.07, 6.45) is 4.49. The van der Waals surface area contributed by atoms with Crippen molar-refractivity contribution < 1.29 is 4.79 Å². The zero-order valence-electron chi connectivity index (χ0n) is 8.18. The van der Waals surface area contributed by atoms with Crippen LogP contribution in [-0.2, 0) is 4.79 Å². The molecule has 13 heavy (non-hydrogen) atoms. The van der Waals surface area contributed by atoms with Crippen LogP contribution < -0.4 is 5.32 Å². The fourth-order valence-corrected chi connectivity index (χ4v) is 1.48. The Hall–Kier alpha value is -0.240. The van der Waals surface area contributed by atoms with Crippen LogP contribution in [0.1, 0.15) is 32.6 Å². The molecule has 0 aromatic rings. The van der Waals surface area contributed by atoms with E-state index in [0.29, 0.717) is 17.7 Å². The van der Waals surface area contributed by atoms with Crippen LogP contribution in [0.2, 0.25) is 0 Å². The Labute approximate surface area is 85.0 Å². The third kappa shape index (κ3) is 3.99. The Balaban J connectivity index is 2.03. The standard InChI is InChI=1S/C10H18ClNO/c1-8(6-11)7-12-10(13)5-9-3-2-4-9/h8-9H,2-7H2,1H3,(H,12,13). The van der Waals surface area contributed by atoms with Gasteiger partial charge in [-0.2, -0.15) is 0 Å². The molecule has 1 saturated carbocycles. The van der Waals surface area contributed by atoms with Crippen molar-refractivity contribution in [3.8, 4) is 0 Å². The van der Waals surface area contributed by atoms with E-state index in [4.69, 9.17) is 11.6 Å². The molecule has 0 radical (unpaired) electrons. The van der Waals surface area contributed by atoms with Crippen LogP contribution in [0.15, 0.2) is 0 Å². The predicted molar refractivity (Wildman–Crippen MR) is 54.9 cm³/mol. The summed E-state index contributed by atoms with van der Waals surface area (Å²) in [5.41, 5.74) is 0. The lowest BCUT2D eigenvalue weighted by Crippen LogP contribution is -2.31. The monoisotopic (exact) mass is 203 g/mol. The van der Waals surface area contributed by atoms with Crippen molar-refractivity contribution in [3.63, 3.8) is 0 Å². The zero-order valence-corrected chi connectivity index (χ0v) is 8.94. The molecule has 1 fully saturated rings. The highest BCUT2D eigenvalue weighted by Gasteiger charge is 2.20. The fraction of sp³-hybridized carbons (Fsp3) is 0.900. The Bertz CT molecular complexity index is 168. The van der Waals surface area contributed by atoms with Gasteiger partial charge in [0.15, 0.2) is 0 Å². The van der Waals surface area contributed by atoms with Crippen LogP contribution in [0.4, 0.5) is 0 Å². The van der Waals surface area contributed by atoms with Crippen molar-refractivity contribution in [2.24, 2.45) is 11.8 Å². The summed E-state index contributed by atoms with van der Waals surface area (Å²) < 4.78 is 0. The summed E-state index contributed by atoms with van der Waals surface area (Å²) in [7, 11) is 0. The number of halogens is 1. The maximum atomic E-state index is 11.3. The van der Waals surface area contributed by atoms with Crippen LogP contribution >= 0.6 is 11.6 Å². The molecule has 0 aliphatic heterocycles. The van der Waals surface area contributed by atoms with E-state index in [0.717, 1.165) is 13.0 Å². The second-order valence-corrected chi connectivity index (χ2v) is 4.37. The molecule has 1 aliphatic rings. The second-order valence-electron chi connectivity index (χ2n) is 4.06. The van der Waals surface area contributed by atoms with Crippen molar-refractivity contribution in [2.75, 3.05) is 12.4 Å². The fourth-order valence-electron chi connectivity index (χ4n) is 1.37. The van der Waals surface area contributed by atoms with Crippen LogP contribution in [-0.4, -0.2) is 18.3 Å². The summed E-state index contributed by atoms with van der Waals surface area (Å²) in [5.74, 6) is 1.85. The molecule has 2 nitrogen and oxygen atoms in total. The van der Waals surface area contributed by atoms with E-state index in [-0.39, 0.29) is 5.91 Å². The van der Waals surface area contributed by atoms with Gasteiger partial charge in [0.1, 0.15) is 0 Å². The SMILES string of the molecule is CC(CCl)CNC(=O)CC1CCC1. The van der Waals surface area contributed by atoms with E-state index in [1.54, 1.807) is 0 Å². The molecule has 1 rings (SSSR count). The van der Waals surface area contributed by atoms with Gasteiger partial charge in [0.05, 0.1) is 0 Å². The lowest BCUT2D eigenvalue weighted by Gasteiger charge is -2.24. The summed E-state index contributed by atoms with van der Waals surface area (Å²) in [6.45, 7) is 2.76. The number of alkyl halides is 1. The third-order valence-corrected chi connectivity index (χ3v) is 3.14. The highest BCUT2D eigenvalue weighted by molar-refractivity contribution is 6.18. The summed E-state index contributed by atoms with van der Waals surface area (Å²) in [4.78, 5) is 11.3. The van der Waals surface area contributed by atoms with Crippen LogP contribution in [0.25, 0.3) is 0 Å². The summed E-state index contributed by atoms with van der Waals surface area (Å²) in [5, 5.41) is 2.91. The van der Waals surface area contributed by atoms with Crippen molar-refractivity contribution in [1.82, 2.24) is 5.32 Å². The zero-order chi connectivity index (χ0) is 9.68. The maximum absolute atomic E-state index is 11.3. The molecule has 3 heteroatoms. The topological polar surface area (TPSA) is 29.1 Å². The van der Waals surface area contributed by atoms with Crippen molar-refractivity contribution in [2.45, 2.75) is 32.6 Å². The van der Waals surface area contributed by atoms with Crippen molar-refractivity contribution in [3.05, 3.63) is 0 Å². The first-order chi connectivity index (χ1) is 6.22. The number of carbonyl (C=O) groups excluding carboxylic acids is 1. The molecule has 1 unspecified atom stereocenters. The van der Waals surface area contributed by atoms with Crippen LogP contribution in [0, 0.1) is 11.8 Å². The minimum Gasteiger partial charge on any atom is -0.356 e. The molecule has 0 aromatic carbocycles. The molecule has 1 amide bonds. The van der Waals surface area contributed by atoms with E-state index in [1.165, 1.54) is 19.3 Å². The van der Waals surface area contributed by atoms with Gasteiger partial charge in [0.25, 0.3) is 0 Å². The predicted octanol–water partition coefficient (Wildman–Crippen LogP) is 2.17. The van der Waals surface area contributed by atoms with Gasteiger partial charge in [-0.3, -0.25) is 4.79 Å². The molecule has 0 bridgehead atoms. The molecule has 1 aliphatic carbocycles. The molecule has 0 spiro atoms. The van der Waals surface area contributed by atoms with E-state index >= 15 is 0 Å². The Morgan fingerprint density at radius 1 is 1.62 bits per heavy atom. The largest absolute Gasteiger partial charge is 0.356 e. The quantitative estimate of drug-likeness (QED) is 0.682. The molecule has 0 heterocycles. The first-order valence-corrected chi connectivity index (χ1v) is 5.58. The number of nitrogens with one attached hydrogen (secondary N) is 1. The number of hydrogen-bond acceptors (Lipinski definition) is 1. The van der Waals surface area contributed by atoms with Crippen LogP contribution in [0.3, 0.4) is 0 Å². The highest BCUT2D eigenvalue weighted by Crippen LogP contribution is 2.28. The average Bonchev–Trinajstić information content (AvgIpc) is 2.07. The molecular weight excluding hydrogens is 186 g/mol. The number of hydrogen-bond donors (Lipinski definition) is 1. The lowest BCUT2D eigenvalue weighted by molar-refractivity contribution is -0.122. The van der Waals surface area contributed by atoms with Gasteiger partial charge >= 0.3 is 0 Å². The van der Waals surface area contributed by atoms with Gasteiger partial charge in [-0.15, -0.1) is 11.6 Å². The number of carbonyl (C=O) groups is 1. The Kier molecular flexibility index (Phi) is 4.57. The van der Waals surface area contributed by atoms with Crippen molar-refractivity contribution >= 4 is 17.5 Å². The Morgan fingerprint density at radius 3 is 2.77 bits per heavy atom. The van der Waals surface area contributed by atoms with Crippen LogP contribution in [0.5, 0.6) is 0 Å². The van der Waals surface area contributed by atoms with E-state index in [2.05, 4.69) is 5.32 Å². The second kappa shape index (κ2) is 5.48. The highest BCUT2D eigenvalue weighted by atomic mass is 35.5. The molecular formula is C10H18ClNO. The normalized spacial score (nSPS) is 19.2. The van der Waals surface area contributed by atoms with Crippen molar-refractivity contribution in [1.29, 1.82) is 0 Å². The maximum Gasteiger partial charge on any atom is 0.220 e. The van der Waals surface area contributed by atoms with Gasteiger partial charge in [0, 0.05) is 18.8 Å². The molecule has 76 valence electrons. The molecule has 1 N–H and O–H groups in total. The summed E-state index contributed by atoms with van der Waals surface area (Å²) in [6, 6.07) is 0. The first kappa shape index (κ1) is 10.8. The number of rotatable bonds is 5. The summed E-state index contributed by atoms with van der Waals surface area (Å²) >= 11 is 5.63. The van der Waals surface area contributed by atoms with Gasteiger partial charge in [-0.25, -0.2) is 0 Å². The smallest absolute Gasteiger partial charge is 0.220 e. The molecule has 0 saturated heterocycles. The first-order valence-electron chi connectivity index (χ1n) is 5.05. The van der Waals surface area contributed by atoms with Gasteiger partial charge < -0.3 is 5.32 Å². The average molecular weight is 204 g/mol. The lowest BCUT2D eigenvalue weighted by atomic mass is 9.83. The Morgan fingerprint density at radius 2 is 2.31 bits per heavy atom.